The second kappa shape index (κ2) is 8.94. The molecule has 2 aromatic carbocycles. The van der Waals surface area contributed by atoms with E-state index in [2.05, 4.69) is 38.0 Å². The molecule has 0 spiro atoms. The fraction of sp³-hybridized carbons (Fsp3) is 0.120. The van der Waals surface area contributed by atoms with E-state index in [1.807, 2.05) is 67.0 Å². The van der Waals surface area contributed by atoms with Crippen molar-refractivity contribution >= 4 is 40.5 Å². The maximum atomic E-state index is 6.58. The van der Waals surface area contributed by atoms with E-state index in [-0.39, 0.29) is 12.1 Å². The minimum absolute atomic E-state index is 0.0839. The Morgan fingerprint density at radius 3 is 2.50 bits per heavy atom. The second-order valence-electron chi connectivity index (χ2n) is 7.64. The molecule has 2 aromatic heterocycles. The van der Waals surface area contributed by atoms with Gasteiger partial charge in [0.1, 0.15) is 0 Å². The number of rotatable bonds is 5. The van der Waals surface area contributed by atoms with Crippen LogP contribution in [0.5, 0.6) is 0 Å². The van der Waals surface area contributed by atoms with Gasteiger partial charge in [0.15, 0.2) is 5.11 Å². The Labute approximate surface area is 202 Å². The molecule has 1 N–H and O–H groups in total. The smallest absolute Gasteiger partial charge is 0.170 e. The number of hydrogen-bond donors (Lipinski definition) is 1. The third-order valence-electron chi connectivity index (χ3n) is 5.65. The van der Waals surface area contributed by atoms with Crippen LogP contribution in [0.25, 0.3) is 5.69 Å². The molecule has 7 heteroatoms. The Morgan fingerprint density at radius 1 is 0.938 bits per heavy atom. The molecule has 1 aliphatic rings. The van der Waals surface area contributed by atoms with Crippen molar-refractivity contribution in [1.29, 1.82) is 0 Å². The molecule has 0 saturated carbocycles. The van der Waals surface area contributed by atoms with Gasteiger partial charge >= 0.3 is 0 Å². The first-order chi connectivity index (χ1) is 15.6. The molecule has 0 bridgehead atoms. The van der Waals surface area contributed by atoms with Crippen molar-refractivity contribution in [2.75, 3.05) is 0 Å². The Hall–Kier alpha value is -2.86. The van der Waals surface area contributed by atoms with E-state index in [9.17, 15) is 0 Å². The van der Waals surface area contributed by atoms with Crippen molar-refractivity contribution in [1.82, 2.24) is 19.8 Å². The van der Waals surface area contributed by atoms with Crippen LogP contribution in [0.1, 0.15) is 29.0 Å². The summed E-state index contributed by atoms with van der Waals surface area (Å²) in [6, 6.07) is 25.8. The van der Waals surface area contributed by atoms with Crippen LogP contribution in [0.4, 0.5) is 0 Å². The first-order valence-corrected chi connectivity index (χ1v) is 11.4. The zero-order chi connectivity index (χ0) is 22.1. The van der Waals surface area contributed by atoms with Crippen LogP contribution in [0, 0.1) is 0 Å². The van der Waals surface area contributed by atoms with E-state index in [4.69, 9.17) is 35.4 Å². The van der Waals surface area contributed by atoms with Gasteiger partial charge in [-0.2, -0.15) is 0 Å². The predicted octanol–water partition coefficient (Wildman–Crippen LogP) is 6.35. The van der Waals surface area contributed by atoms with Crippen LogP contribution in [0.2, 0.25) is 10.0 Å². The van der Waals surface area contributed by atoms with Crippen LogP contribution in [0.15, 0.2) is 91.3 Å². The summed E-state index contributed by atoms with van der Waals surface area (Å²) in [4.78, 5) is 6.85. The minimum Gasteiger partial charge on any atom is -0.352 e. The predicted molar refractivity (Wildman–Crippen MR) is 133 cm³/mol. The second-order valence-corrected chi connectivity index (χ2v) is 8.87. The van der Waals surface area contributed by atoms with Gasteiger partial charge < -0.3 is 14.8 Å². The standard InChI is InChI=1S/C25H20Cl2N4S/c26-18-11-12-21(19(27)15-18)30-14-6-10-22(30)24-23(20-9-4-5-13-28-20)29-25(32)31(24)16-17-7-2-1-3-8-17/h1-15,23-24H,16H2,(H,29,32)/t23-,24-/m0/s1. The summed E-state index contributed by atoms with van der Waals surface area (Å²) in [6.07, 6.45) is 3.83. The van der Waals surface area contributed by atoms with E-state index in [0.29, 0.717) is 21.7 Å². The van der Waals surface area contributed by atoms with E-state index in [0.717, 1.165) is 17.1 Å². The number of thiocarbonyl (C=S) groups is 1. The first-order valence-electron chi connectivity index (χ1n) is 10.3. The normalized spacial score (nSPS) is 18.1. The molecule has 1 saturated heterocycles. The average molecular weight is 479 g/mol. The highest BCUT2D eigenvalue weighted by Crippen LogP contribution is 2.41. The average Bonchev–Trinajstić information content (AvgIpc) is 3.40. The quantitative estimate of drug-likeness (QED) is 0.338. The summed E-state index contributed by atoms with van der Waals surface area (Å²) in [5.41, 5.74) is 4.05. The lowest BCUT2D eigenvalue weighted by molar-refractivity contribution is 0.302. The lowest BCUT2D eigenvalue weighted by Crippen LogP contribution is -2.30. The molecular weight excluding hydrogens is 459 g/mol. The summed E-state index contributed by atoms with van der Waals surface area (Å²) >= 11 is 18.5. The van der Waals surface area contributed by atoms with E-state index < -0.39 is 0 Å². The van der Waals surface area contributed by atoms with Crippen molar-refractivity contribution < 1.29 is 0 Å². The van der Waals surface area contributed by atoms with Gasteiger partial charge in [-0.3, -0.25) is 4.98 Å². The molecule has 1 fully saturated rings. The minimum atomic E-state index is -0.105. The van der Waals surface area contributed by atoms with Crippen LogP contribution in [-0.4, -0.2) is 19.6 Å². The van der Waals surface area contributed by atoms with Gasteiger partial charge in [0.2, 0.25) is 0 Å². The molecule has 1 aliphatic heterocycles. The molecule has 4 nitrogen and oxygen atoms in total. The topological polar surface area (TPSA) is 33.1 Å². The fourth-order valence-electron chi connectivity index (χ4n) is 4.21. The number of nitrogens with one attached hydrogen (secondary N) is 1. The Morgan fingerprint density at radius 2 is 1.75 bits per heavy atom. The maximum Gasteiger partial charge on any atom is 0.170 e. The first kappa shape index (κ1) is 21.0. The molecule has 5 rings (SSSR count). The van der Waals surface area contributed by atoms with Gasteiger partial charge in [-0.25, -0.2) is 0 Å². The number of hydrogen-bond acceptors (Lipinski definition) is 2. The number of halogens is 2. The number of aromatic nitrogens is 2. The Bertz CT molecular complexity index is 1240. The monoisotopic (exact) mass is 478 g/mol. The van der Waals surface area contributed by atoms with E-state index in [1.165, 1.54) is 5.56 Å². The SMILES string of the molecule is S=C1N[C@@H](c2ccccn2)[C@H](c2cccn2-c2ccc(Cl)cc2Cl)N1Cc1ccccc1. The third-order valence-corrected chi connectivity index (χ3v) is 6.54. The molecular formula is C25H20Cl2N4S. The highest BCUT2D eigenvalue weighted by Gasteiger charge is 2.41. The van der Waals surface area contributed by atoms with E-state index in [1.54, 1.807) is 6.07 Å². The molecule has 0 aliphatic carbocycles. The van der Waals surface area contributed by atoms with Gasteiger partial charge in [0, 0.05) is 29.7 Å². The van der Waals surface area contributed by atoms with Crippen molar-refractivity contribution in [2.24, 2.45) is 0 Å². The van der Waals surface area contributed by atoms with Crippen LogP contribution in [0.3, 0.4) is 0 Å². The molecule has 3 heterocycles. The van der Waals surface area contributed by atoms with Crippen LogP contribution in [-0.2, 0) is 6.54 Å². The highest BCUT2D eigenvalue weighted by molar-refractivity contribution is 7.80. The van der Waals surface area contributed by atoms with Crippen LogP contribution >= 0.6 is 35.4 Å². The summed E-state index contributed by atoms with van der Waals surface area (Å²) in [6.45, 7) is 0.681. The Kier molecular flexibility index (Phi) is 5.87. The summed E-state index contributed by atoms with van der Waals surface area (Å²) in [7, 11) is 0. The Balaban J connectivity index is 1.62. The molecule has 0 radical (unpaired) electrons. The number of benzene rings is 2. The molecule has 32 heavy (non-hydrogen) atoms. The summed E-state index contributed by atoms with van der Waals surface area (Å²) in [5.74, 6) is 0. The van der Waals surface area contributed by atoms with Gasteiger partial charge in [0.25, 0.3) is 0 Å². The summed E-state index contributed by atoms with van der Waals surface area (Å²) < 4.78 is 2.10. The largest absolute Gasteiger partial charge is 0.352 e. The zero-order valence-corrected chi connectivity index (χ0v) is 19.4. The summed E-state index contributed by atoms with van der Waals surface area (Å²) in [5, 5.41) is 5.40. The highest BCUT2D eigenvalue weighted by atomic mass is 35.5. The molecule has 160 valence electrons. The van der Waals surface area contributed by atoms with Gasteiger partial charge in [-0.1, -0.05) is 59.6 Å². The van der Waals surface area contributed by atoms with E-state index >= 15 is 0 Å². The third kappa shape index (κ3) is 3.99. The number of nitrogens with zero attached hydrogens (tertiary/aromatic N) is 3. The lowest BCUT2D eigenvalue weighted by Gasteiger charge is -2.29. The lowest BCUT2D eigenvalue weighted by atomic mass is 10.0. The molecule has 0 unspecified atom stereocenters. The van der Waals surface area contributed by atoms with Crippen LogP contribution < -0.4 is 5.32 Å². The van der Waals surface area contributed by atoms with Gasteiger partial charge in [-0.05, 0) is 60.2 Å². The van der Waals surface area contributed by atoms with Crippen molar-refractivity contribution in [3.63, 3.8) is 0 Å². The number of pyridine rings is 1. The van der Waals surface area contributed by atoms with Gasteiger partial charge in [-0.15, -0.1) is 0 Å². The zero-order valence-electron chi connectivity index (χ0n) is 17.0. The molecule has 2 atom stereocenters. The maximum absolute atomic E-state index is 6.58. The molecule has 0 amide bonds. The fourth-order valence-corrected chi connectivity index (χ4v) is 5.01. The van der Waals surface area contributed by atoms with Gasteiger partial charge in [0.05, 0.1) is 28.5 Å². The van der Waals surface area contributed by atoms with Crippen molar-refractivity contribution in [3.8, 4) is 5.69 Å². The molecule has 4 aromatic rings. The van der Waals surface area contributed by atoms with Crippen molar-refractivity contribution in [2.45, 2.75) is 18.6 Å². The van der Waals surface area contributed by atoms with Crippen molar-refractivity contribution in [3.05, 3.63) is 118 Å².